The number of carbonyl (C=O) groups is 6. The Labute approximate surface area is 278 Å². The lowest BCUT2D eigenvalue weighted by Gasteiger charge is -2.24. The summed E-state index contributed by atoms with van der Waals surface area (Å²) < 4.78 is 10.4. The Kier molecular flexibility index (Phi) is 10.3. The highest BCUT2D eigenvalue weighted by Gasteiger charge is 2.44. The Morgan fingerprint density at radius 1 is 0.660 bits per heavy atom. The van der Waals surface area contributed by atoms with E-state index in [9.17, 15) is 28.8 Å². The van der Waals surface area contributed by atoms with E-state index >= 15 is 0 Å². The van der Waals surface area contributed by atoms with Gasteiger partial charge in [-0.25, -0.2) is 9.59 Å². The van der Waals surface area contributed by atoms with Crippen LogP contribution in [-0.2, 0) is 30.3 Å². The van der Waals surface area contributed by atoms with Crippen LogP contribution in [0.15, 0.2) is 97.1 Å². The van der Waals surface area contributed by atoms with Gasteiger partial charge < -0.3 is 20.1 Å². The average Bonchev–Trinajstić information content (AvgIpc) is 3.32. The van der Waals surface area contributed by atoms with Crippen LogP contribution in [-0.4, -0.2) is 59.7 Å². The van der Waals surface area contributed by atoms with Crippen LogP contribution in [0.4, 0.5) is 11.4 Å². The van der Waals surface area contributed by atoms with Gasteiger partial charge in [0.25, 0.3) is 23.6 Å². The van der Waals surface area contributed by atoms with Crippen molar-refractivity contribution in [2.24, 2.45) is 0 Å². The van der Waals surface area contributed by atoms with Crippen molar-refractivity contribution < 1.29 is 38.2 Å². The molecule has 4 aromatic carbocycles. The maximum absolute atomic E-state index is 13.6. The molecule has 0 radical (unpaired) electrons. The number of nitrogens with zero attached hydrogens (tertiary/aromatic N) is 1. The van der Waals surface area contributed by atoms with Crippen LogP contribution >= 0.6 is 23.2 Å². The molecule has 4 aromatic rings. The molecule has 0 bridgehead atoms. The van der Waals surface area contributed by atoms with E-state index in [0.29, 0.717) is 22.0 Å². The van der Waals surface area contributed by atoms with Crippen LogP contribution in [0.2, 0.25) is 10.0 Å². The third-order valence-corrected chi connectivity index (χ3v) is 7.64. The van der Waals surface area contributed by atoms with Crippen molar-refractivity contribution in [2.45, 2.75) is 12.5 Å². The number of esters is 2. The number of para-hydroxylation sites is 2. The Bertz CT molecular complexity index is 1880. The van der Waals surface area contributed by atoms with Gasteiger partial charge in [-0.15, -0.1) is 0 Å². The molecule has 47 heavy (non-hydrogen) atoms. The maximum atomic E-state index is 13.6. The summed E-state index contributed by atoms with van der Waals surface area (Å²) in [5.41, 5.74) is 0.966. The molecule has 0 fully saturated rings. The molecular formula is C34H25Cl2N3O8. The maximum Gasteiger partial charge on any atom is 0.338 e. The predicted molar refractivity (Wildman–Crippen MR) is 172 cm³/mol. The minimum Gasteiger partial charge on any atom is -0.454 e. The van der Waals surface area contributed by atoms with E-state index in [-0.39, 0.29) is 28.1 Å². The minimum absolute atomic E-state index is 0.0506. The SMILES string of the molecule is O=C(COC(=O)c1ccc2c(c1)C(=O)N(C(Cc1ccccc1)C(=O)OCC(=O)Nc1ccccc1Cl)C2=O)Nc1ccccc1Cl. The summed E-state index contributed by atoms with van der Waals surface area (Å²) in [6.45, 7) is -1.35. The molecule has 1 unspecified atom stereocenters. The normalized spacial score (nSPS) is 12.6. The summed E-state index contributed by atoms with van der Waals surface area (Å²) in [7, 11) is 0. The van der Waals surface area contributed by atoms with Crippen LogP contribution < -0.4 is 10.6 Å². The Balaban J connectivity index is 1.29. The number of rotatable bonds is 11. The van der Waals surface area contributed by atoms with E-state index in [1.807, 2.05) is 0 Å². The molecule has 11 nitrogen and oxygen atoms in total. The molecule has 1 atom stereocenters. The Morgan fingerprint density at radius 2 is 1.19 bits per heavy atom. The van der Waals surface area contributed by atoms with E-state index in [2.05, 4.69) is 10.6 Å². The van der Waals surface area contributed by atoms with Crippen LogP contribution in [0.1, 0.15) is 36.6 Å². The zero-order chi connectivity index (χ0) is 33.5. The molecule has 0 saturated heterocycles. The predicted octanol–water partition coefficient (Wildman–Crippen LogP) is 5.18. The molecular weight excluding hydrogens is 649 g/mol. The van der Waals surface area contributed by atoms with Crippen molar-refractivity contribution in [3.63, 3.8) is 0 Å². The van der Waals surface area contributed by atoms with E-state index in [0.717, 1.165) is 11.0 Å². The number of fused-ring (bicyclic) bond motifs is 1. The number of anilines is 2. The molecule has 4 amide bonds. The lowest BCUT2D eigenvalue weighted by Crippen LogP contribution is -2.47. The highest BCUT2D eigenvalue weighted by Crippen LogP contribution is 2.28. The van der Waals surface area contributed by atoms with E-state index in [1.54, 1.807) is 78.9 Å². The zero-order valence-corrected chi connectivity index (χ0v) is 25.9. The van der Waals surface area contributed by atoms with Gasteiger partial charge in [-0.2, -0.15) is 0 Å². The van der Waals surface area contributed by atoms with Crippen molar-refractivity contribution in [3.05, 3.63) is 129 Å². The fraction of sp³-hybridized carbons (Fsp3) is 0.118. The summed E-state index contributed by atoms with van der Waals surface area (Å²) >= 11 is 12.1. The lowest BCUT2D eigenvalue weighted by molar-refractivity contribution is -0.151. The van der Waals surface area contributed by atoms with Crippen LogP contribution in [0.5, 0.6) is 0 Å². The highest BCUT2D eigenvalue weighted by atomic mass is 35.5. The summed E-state index contributed by atoms with van der Waals surface area (Å²) in [5.74, 6) is -4.90. The van der Waals surface area contributed by atoms with Crippen LogP contribution in [0, 0.1) is 0 Å². The highest BCUT2D eigenvalue weighted by molar-refractivity contribution is 6.34. The topological polar surface area (TPSA) is 148 Å². The van der Waals surface area contributed by atoms with Gasteiger partial charge in [0, 0.05) is 6.42 Å². The summed E-state index contributed by atoms with van der Waals surface area (Å²) in [6, 6.07) is 23.9. The smallest absolute Gasteiger partial charge is 0.338 e. The number of halogens is 2. The molecule has 1 aliphatic rings. The van der Waals surface area contributed by atoms with Gasteiger partial charge >= 0.3 is 11.9 Å². The number of benzene rings is 4. The van der Waals surface area contributed by atoms with Crippen LogP contribution in [0.3, 0.4) is 0 Å². The Hall–Kier alpha value is -5.52. The molecule has 0 spiro atoms. The average molecular weight is 674 g/mol. The zero-order valence-electron chi connectivity index (χ0n) is 24.4. The van der Waals surface area contributed by atoms with Gasteiger partial charge in [0.15, 0.2) is 13.2 Å². The number of imide groups is 1. The lowest BCUT2D eigenvalue weighted by atomic mass is 10.0. The molecule has 238 valence electrons. The molecule has 13 heteroatoms. The fourth-order valence-electron chi connectivity index (χ4n) is 4.73. The summed E-state index contributed by atoms with van der Waals surface area (Å²) in [5, 5.41) is 5.64. The second-order valence-electron chi connectivity index (χ2n) is 10.2. The van der Waals surface area contributed by atoms with Gasteiger partial charge in [0.05, 0.1) is 38.1 Å². The Morgan fingerprint density at radius 3 is 1.79 bits per heavy atom. The quantitative estimate of drug-likeness (QED) is 0.164. The number of hydrogen-bond donors (Lipinski definition) is 2. The van der Waals surface area contributed by atoms with Gasteiger partial charge in [-0.1, -0.05) is 77.8 Å². The van der Waals surface area contributed by atoms with Gasteiger partial charge in [0.1, 0.15) is 6.04 Å². The monoisotopic (exact) mass is 673 g/mol. The van der Waals surface area contributed by atoms with Crippen molar-refractivity contribution in [3.8, 4) is 0 Å². The number of nitrogens with one attached hydrogen (secondary N) is 2. The largest absolute Gasteiger partial charge is 0.454 e. The fourth-order valence-corrected chi connectivity index (χ4v) is 5.10. The molecule has 0 saturated carbocycles. The molecule has 2 N–H and O–H groups in total. The third kappa shape index (κ3) is 7.83. The first-order valence-corrected chi connectivity index (χ1v) is 14.9. The van der Waals surface area contributed by atoms with Crippen molar-refractivity contribution in [2.75, 3.05) is 23.8 Å². The summed E-state index contributed by atoms with van der Waals surface area (Å²) in [6.07, 6.45) is -0.104. The van der Waals surface area contributed by atoms with E-state index in [1.165, 1.54) is 12.1 Å². The third-order valence-electron chi connectivity index (χ3n) is 6.99. The molecule has 1 aliphatic heterocycles. The number of ether oxygens (including phenoxy) is 2. The van der Waals surface area contributed by atoms with Gasteiger partial charge in [0.2, 0.25) is 0 Å². The molecule has 0 aliphatic carbocycles. The second-order valence-corrected chi connectivity index (χ2v) is 11.0. The van der Waals surface area contributed by atoms with E-state index < -0.39 is 54.8 Å². The number of hydrogen-bond acceptors (Lipinski definition) is 8. The van der Waals surface area contributed by atoms with Gasteiger partial charge in [-0.05, 0) is 48.0 Å². The first-order chi connectivity index (χ1) is 22.6. The van der Waals surface area contributed by atoms with Crippen LogP contribution in [0.25, 0.3) is 0 Å². The molecule has 0 aromatic heterocycles. The first kappa shape index (κ1) is 32.9. The first-order valence-electron chi connectivity index (χ1n) is 14.1. The van der Waals surface area contributed by atoms with E-state index in [4.69, 9.17) is 32.7 Å². The molecule has 5 rings (SSSR count). The molecule has 1 heterocycles. The van der Waals surface area contributed by atoms with Gasteiger partial charge in [-0.3, -0.25) is 24.1 Å². The van der Waals surface area contributed by atoms with Crippen molar-refractivity contribution >= 4 is 70.1 Å². The van der Waals surface area contributed by atoms with Crippen molar-refractivity contribution in [1.82, 2.24) is 4.90 Å². The summed E-state index contributed by atoms with van der Waals surface area (Å²) in [4.78, 5) is 78.8. The number of carbonyl (C=O) groups excluding carboxylic acids is 6. The standard InChI is InChI=1S/C34H25Cl2N3O8/c35-24-10-4-6-12-26(24)37-29(40)18-46-33(44)21-14-15-22-23(17-21)32(43)39(31(22)42)28(16-20-8-2-1-3-9-20)34(45)47-19-30(41)38-27-13-7-5-11-25(27)36/h1-15,17,28H,16,18-19H2,(H,37,40)(H,38,41). The number of amides is 4. The second kappa shape index (κ2) is 14.7. The van der Waals surface area contributed by atoms with Crippen molar-refractivity contribution in [1.29, 1.82) is 0 Å². The minimum atomic E-state index is -1.44.